The van der Waals surface area contributed by atoms with Crippen LogP contribution in [-0.2, 0) is 23.7 Å². The van der Waals surface area contributed by atoms with Gasteiger partial charge in [0.25, 0.3) is 6.29 Å². The molecule has 7 heterocycles. The van der Waals surface area contributed by atoms with Gasteiger partial charge in [0, 0.05) is 42.0 Å². The van der Waals surface area contributed by atoms with Crippen LogP contribution in [-0.4, -0.2) is 45.5 Å². The highest BCUT2D eigenvalue weighted by Gasteiger charge is 2.49. The van der Waals surface area contributed by atoms with E-state index in [9.17, 15) is 0 Å². The van der Waals surface area contributed by atoms with Crippen molar-refractivity contribution in [3.63, 3.8) is 0 Å². The lowest BCUT2D eigenvalue weighted by Gasteiger charge is -2.38. The molecule has 37 heavy (non-hydrogen) atoms. The van der Waals surface area contributed by atoms with E-state index in [4.69, 9.17) is 28.4 Å². The molecule has 0 aliphatic carbocycles. The van der Waals surface area contributed by atoms with Crippen molar-refractivity contribution in [2.75, 3.05) is 38.0 Å². The molecule has 1 aromatic carbocycles. The molecule has 7 aliphatic rings. The molecule has 0 radical (unpaired) electrons. The predicted octanol–water partition coefficient (Wildman–Crippen LogP) is 5.58. The van der Waals surface area contributed by atoms with E-state index in [1.54, 1.807) is 6.26 Å². The monoisotopic (exact) mass is 519 g/mol. The van der Waals surface area contributed by atoms with Crippen LogP contribution >= 0.6 is 11.8 Å². The van der Waals surface area contributed by atoms with E-state index in [0.717, 1.165) is 72.7 Å². The van der Waals surface area contributed by atoms with Gasteiger partial charge in [0.15, 0.2) is 12.6 Å². The van der Waals surface area contributed by atoms with Crippen molar-refractivity contribution >= 4 is 23.0 Å². The van der Waals surface area contributed by atoms with E-state index in [-0.39, 0.29) is 30.4 Å². The summed E-state index contributed by atoms with van der Waals surface area (Å²) in [4.78, 5) is 2.45. The highest BCUT2D eigenvalue weighted by Crippen LogP contribution is 2.59. The Balaban J connectivity index is 1.46. The van der Waals surface area contributed by atoms with Crippen LogP contribution in [0.2, 0.25) is 0 Å². The summed E-state index contributed by atoms with van der Waals surface area (Å²) in [7, 11) is 0. The molecule has 4 fully saturated rings. The standard InChI is InChI=1S/C29H29NO6S/c1-4-12-31-17(7-1)21-22(18-8-2-5-13-32-18)27-25(23(19-15-33-19)28-29(36-27)35-16-34-28)26(30-10-11-30)24(21)20-9-3-6-14-37-20/h1,3-4,6-7,9,12,14,17-20,29H,2,5,8,10-11,13,15-16H2. The molecule has 1 aromatic rings. The molecule has 5 atom stereocenters. The van der Waals surface area contributed by atoms with Gasteiger partial charge in [0.2, 0.25) is 0 Å². The lowest BCUT2D eigenvalue weighted by Crippen LogP contribution is -2.29. The molecule has 0 N–H and O–H groups in total. The summed E-state index contributed by atoms with van der Waals surface area (Å²) in [5.74, 6) is 1.61. The molecule has 0 aromatic heterocycles. The Morgan fingerprint density at radius 2 is 1.81 bits per heavy atom. The first kappa shape index (κ1) is 22.3. The molecule has 0 amide bonds. The smallest absolute Gasteiger partial charge is 0.262 e. The molecule has 4 saturated heterocycles. The molecule has 0 bridgehead atoms. The Morgan fingerprint density at radius 1 is 0.892 bits per heavy atom. The first-order valence-corrected chi connectivity index (χ1v) is 14.2. The zero-order chi connectivity index (χ0) is 24.3. The van der Waals surface area contributed by atoms with E-state index in [0.29, 0.717) is 6.61 Å². The Labute approximate surface area is 220 Å². The summed E-state index contributed by atoms with van der Waals surface area (Å²) in [6.45, 7) is 3.62. The van der Waals surface area contributed by atoms with Crippen molar-refractivity contribution in [3.8, 4) is 5.75 Å². The van der Waals surface area contributed by atoms with Crippen LogP contribution in [0.25, 0.3) is 5.57 Å². The van der Waals surface area contributed by atoms with Gasteiger partial charge < -0.3 is 28.6 Å². The van der Waals surface area contributed by atoms with Crippen LogP contribution in [0.4, 0.5) is 5.69 Å². The zero-order valence-corrected chi connectivity index (χ0v) is 21.3. The fourth-order valence-corrected chi connectivity index (χ4v) is 7.00. The molecule has 192 valence electrons. The Hall–Kier alpha value is -2.65. The Kier molecular flexibility index (Phi) is 5.42. The lowest BCUT2D eigenvalue weighted by molar-refractivity contribution is -0.0428. The SMILES string of the molecule is C1=COC(c2c(C3CCCCO3)c3c(c(N4CC4)c2C2C=CC=CS2)C(C2CO2)=C2OCOC2O3)C=C1. The lowest BCUT2D eigenvalue weighted by atomic mass is 9.81. The topological polar surface area (TPSA) is 61.7 Å². The van der Waals surface area contributed by atoms with Gasteiger partial charge in [0.05, 0.1) is 35.5 Å². The number of nitrogens with zero attached hydrogens (tertiary/aromatic N) is 1. The highest BCUT2D eigenvalue weighted by molar-refractivity contribution is 8.02. The minimum absolute atomic E-state index is 0.0115. The van der Waals surface area contributed by atoms with E-state index < -0.39 is 6.29 Å². The average molecular weight is 520 g/mol. The van der Waals surface area contributed by atoms with Crippen molar-refractivity contribution < 1.29 is 28.4 Å². The first-order chi connectivity index (χ1) is 18.4. The largest absolute Gasteiger partial charge is 0.489 e. The maximum atomic E-state index is 6.74. The van der Waals surface area contributed by atoms with Gasteiger partial charge in [-0.1, -0.05) is 24.3 Å². The minimum Gasteiger partial charge on any atom is -0.489 e. The van der Waals surface area contributed by atoms with Crippen LogP contribution in [0, 0.1) is 0 Å². The number of benzene rings is 1. The predicted molar refractivity (Wildman–Crippen MR) is 140 cm³/mol. The zero-order valence-electron chi connectivity index (χ0n) is 20.5. The molecule has 8 heteroatoms. The molecule has 0 spiro atoms. The van der Waals surface area contributed by atoms with E-state index in [1.807, 2.05) is 17.8 Å². The van der Waals surface area contributed by atoms with E-state index in [2.05, 4.69) is 40.7 Å². The third kappa shape index (κ3) is 3.76. The van der Waals surface area contributed by atoms with Gasteiger partial charge >= 0.3 is 0 Å². The van der Waals surface area contributed by atoms with Crippen LogP contribution in [0.3, 0.4) is 0 Å². The van der Waals surface area contributed by atoms with Gasteiger partial charge in [-0.2, -0.15) is 0 Å². The number of rotatable bonds is 5. The Bertz CT molecular complexity index is 1270. The number of hydrogen-bond donors (Lipinski definition) is 0. The summed E-state index contributed by atoms with van der Waals surface area (Å²) in [5.41, 5.74) is 6.91. The number of thioether (sulfide) groups is 1. The number of anilines is 1. The van der Waals surface area contributed by atoms with Crippen LogP contribution in [0.1, 0.15) is 59.0 Å². The number of epoxide rings is 1. The first-order valence-electron chi connectivity index (χ1n) is 13.2. The second-order valence-electron chi connectivity index (χ2n) is 10.2. The fourth-order valence-electron chi connectivity index (χ4n) is 6.09. The van der Waals surface area contributed by atoms with Crippen molar-refractivity contribution in [1.82, 2.24) is 0 Å². The average Bonchev–Trinajstić information content (AvgIpc) is 3.90. The summed E-state index contributed by atoms with van der Waals surface area (Å²) in [6.07, 6.45) is 16.7. The third-order valence-corrected chi connectivity index (χ3v) is 8.84. The van der Waals surface area contributed by atoms with Crippen LogP contribution in [0.15, 0.2) is 53.9 Å². The summed E-state index contributed by atoms with van der Waals surface area (Å²) >= 11 is 1.83. The van der Waals surface area contributed by atoms with Gasteiger partial charge in [0.1, 0.15) is 18.0 Å². The van der Waals surface area contributed by atoms with Gasteiger partial charge in [-0.05, 0) is 36.8 Å². The van der Waals surface area contributed by atoms with Gasteiger partial charge in [-0.15, -0.1) is 11.8 Å². The molecule has 0 saturated carbocycles. The number of hydrogen-bond acceptors (Lipinski definition) is 8. The van der Waals surface area contributed by atoms with Gasteiger partial charge in [-0.3, -0.25) is 4.74 Å². The Morgan fingerprint density at radius 3 is 2.54 bits per heavy atom. The normalized spacial score (nSPS) is 33.0. The van der Waals surface area contributed by atoms with Crippen molar-refractivity contribution in [2.45, 2.75) is 49.1 Å². The third-order valence-electron chi connectivity index (χ3n) is 7.84. The van der Waals surface area contributed by atoms with Crippen molar-refractivity contribution in [2.24, 2.45) is 0 Å². The van der Waals surface area contributed by atoms with Crippen LogP contribution < -0.4 is 9.64 Å². The molecule has 7 aliphatic heterocycles. The summed E-state index contributed by atoms with van der Waals surface area (Å²) in [5, 5.41) is 2.31. The molecular weight excluding hydrogens is 490 g/mol. The molecular formula is C29H29NO6S. The van der Waals surface area contributed by atoms with Crippen molar-refractivity contribution in [1.29, 1.82) is 0 Å². The highest BCUT2D eigenvalue weighted by atomic mass is 32.2. The van der Waals surface area contributed by atoms with Crippen LogP contribution in [0.5, 0.6) is 5.75 Å². The molecule has 7 nitrogen and oxygen atoms in total. The molecule has 5 unspecified atom stereocenters. The molecule has 8 rings (SSSR count). The van der Waals surface area contributed by atoms with E-state index in [1.165, 1.54) is 11.3 Å². The van der Waals surface area contributed by atoms with Crippen molar-refractivity contribution in [3.05, 3.63) is 76.1 Å². The summed E-state index contributed by atoms with van der Waals surface area (Å²) < 4.78 is 37.4. The fraction of sp³-hybridized carbons (Fsp3) is 0.448. The quantitative estimate of drug-likeness (QED) is 0.468. The number of allylic oxidation sites excluding steroid dienone is 4. The maximum Gasteiger partial charge on any atom is 0.262 e. The number of fused-ring (bicyclic) bond motifs is 2. The summed E-state index contributed by atoms with van der Waals surface area (Å²) in [6, 6.07) is 0. The number of ether oxygens (including phenoxy) is 6. The van der Waals surface area contributed by atoms with E-state index >= 15 is 0 Å². The minimum atomic E-state index is -0.565. The van der Waals surface area contributed by atoms with Gasteiger partial charge in [-0.25, -0.2) is 0 Å². The maximum absolute atomic E-state index is 6.74. The second-order valence-corrected chi connectivity index (χ2v) is 11.2. The second kappa shape index (κ2) is 8.98.